The fourth-order valence-corrected chi connectivity index (χ4v) is 1.81. The lowest BCUT2D eigenvalue weighted by Gasteiger charge is -2.22. The van der Waals surface area contributed by atoms with Crippen LogP contribution in [-0.4, -0.2) is 35.6 Å². The van der Waals surface area contributed by atoms with Crippen molar-refractivity contribution in [3.63, 3.8) is 0 Å². The summed E-state index contributed by atoms with van der Waals surface area (Å²) in [5.74, 6) is 1.70. The fourth-order valence-electron chi connectivity index (χ4n) is 1.81. The van der Waals surface area contributed by atoms with E-state index in [-0.39, 0.29) is 0 Å². The fraction of sp³-hybridized carbons (Fsp3) is 0.769. The summed E-state index contributed by atoms with van der Waals surface area (Å²) in [4.78, 5) is 6.77. The van der Waals surface area contributed by atoms with Gasteiger partial charge in [-0.25, -0.2) is 4.98 Å². The van der Waals surface area contributed by atoms with E-state index in [2.05, 4.69) is 36.0 Å². The SMILES string of the molecule is CCN(CC)CC(C)NCc1nc(C)c(C)o1. The predicted octanol–water partition coefficient (Wildman–Crippen LogP) is 2.11. The monoisotopic (exact) mass is 239 g/mol. The first-order chi connectivity index (χ1) is 8.06. The van der Waals surface area contributed by atoms with E-state index in [0.29, 0.717) is 12.6 Å². The van der Waals surface area contributed by atoms with Gasteiger partial charge in [-0.15, -0.1) is 0 Å². The van der Waals surface area contributed by atoms with Crippen molar-refractivity contribution in [2.45, 2.75) is 47.2 Å². The van der Waals surface area contributed by atoms with Gasteiger partial charge in [0.25, 0.3) is 0 Å². The van der Waals surface area contributed by atoms with Gasteiger partial charge in [0.1, 0.15) is 5.76 Å². The number of nitrogens with zero attached hydrogens (tertiary/aromatic N) is 2. The van der Waals surface area contributed by atoms with Gasteiger partial charge in [-0.1, -0.05) is 13.8 Å². The summed E-state index contributed by atoms with van der Waals surface area (Å²) in [5.41, 5.74) is 0.984. The van der Waals surface area contributed by atoms with E-state index in [1.165, 1.54) is 0 Å². The van der Waals surface area contributed by atoms with Crippen LogP contribution in [0.4, 0.5) is 0 Å². The number of likely N-dealkylation sites (N-methyl/N-ethyl adjacent to an activating group) is 1. The third kappa shape index (κ3) is 4.48. The molecular weight excluding hydrogens is 214 g/mol. The number of nitrogens with one attached hydrogen (secondary N) is 1. The summed E-state index contributed by atoms with van der Waals surface area (Å²) in [6.07, 6.45) is 0. The number of oxazole rings is 1. The number of aromatic nitrogens is 1. The Hall–Kier alpha value is -0.870. The van der Waals surface area contributed by atoms with Crippen LogP contribution in [0.15, 0.2) is 4.42 Å². The van der Waals surface area contributed by atoms with E-state index >= 15 is 0 Å². The van der Waals surface area contributed by atoms with Gasteiger partial charge in [0.15, 0.2) is 0 Å². The van der Waals surface area contributed by atoms with Crippen molar-refractivity contribution in [1.82, 2.24) is 15.2 Å². The Morgan fingerprint density at radius 3 is 2.41 bits per heavy atom. The van der Waals surface area contributed by atoms with Crippen molar-refractivity contribution in [1.29, 1.82) is 0 Å². The van der Waals surface area contributed by atoms with Crippen molar-refractivity contribution >= 4 is 0 Å². The Morgan fingerprint density at radius 2 is 1.94 bits per heavy atom. The second-order valence-corrected chi connectivity index (χ2v) is 4.52. The highest BCUT2D eigenvalue weighted by atomic mass is 16.4. The molecule has 0 aliphatic rings. The summed E-state index contributed by atoms with van der Waals surface area (Å²) in [6, 6.07) is 0.447. The van der Waals surface area contributed by atoms with Crippen molar-refractivity contribution in [3.05, 3.63) is 17.3 Å². The molecule has 4 nitrogen and oxygen atoms in total. The lowest BCUT2D eigenvalue weighted by atomic mass is 10.3. The molecule has 0 aromatic carbocycles. The Kier molecular flexibility index (Phi) is 5.65. The summed E-state index contributed by atoms with van der Waals surface area (Å²) >= 11 is 0. The molecule has 17 heavy (non-hydrogen) atoms. The van der Waals surface area contributed by atoms with Gasteiger partial charge in [0, 0.05) is 12.6 Å². The van der Waals surface area contributed by atoms with Crippen LogP contribution in [0.2, 0.25) is 0 Å². The molecule has 0 saturated heterocycles. The highest BCUT2D eigenvalue weighted by Gasteiger charge is 2.09. The smallest absolute Gasteiger partial charge is 0.208 e. The molecule has 0 bridgehead atoms. The van der Waals surface area contributed by atoms with Crippen LogP contribution in [0.25, 0.3) is 0 Å². The molecule has 98 valence electrons. The van der Waals surface area contributed by atoms with Crippen LogP contribution in [0, 0.1) is 13.8 Å². The van der Waals surface area contributed by atoms with E-state index in [4.69, 9.17) is 4.42 Å². The van der Waals surface area contributed by atoms with Crippen molar-refractivity contribution in [3.8, 4) is 0 Å². The lowest BCUT2D eigenvalue weighted by Crippen LogP contribution is -2.38. The average Bonchev–Trinajstić information content (AvgIpc) is 2.63. The Morgan fingerprint density at radius 1 is 1.29 bits per heavy atom. The molecule has 0 fully saturated rings. The van der Waals surface area contributed by atoms with Crippen molar-refractivity contribution < 1.29 is 4.42 Å². The third-order valence-electron chi connectivity index (χ3n) is 3.10. The van der Waals surface area contributed by atoms with Gasteiger partial charge in [-0.05, 0) is 33.9 Å². The second-order valence-electron chi connectivity index (χ2n) is 4.52. The first kappa shape index (κ1) is 14.2. The molecule has 0 aliphatic carbocycles. The van der Waals surface area contributed by atoms with Gasteiger partial charge < -0.3 is 14.6 Å². The van der Waals surface area contributed by atoms with E-state index in [9.17, 15) is 0 Å². The van der Waals surface area contributed by atoms with Crippen LogP contribution in [0.5, 0.6) is 0 Å². The van der Waals surface area contributed by atoms with E-state index in [1.54, 1.807) is 0 Å². The van der Waals surface area contributed by atoms with Crippen molar-refractivity contribution in [2.75, 3.05) is 19.6 Å². The summed E-state index contributed by atoms with van der Waals surface area (Å²) in [7, 11) is 0. The molecule has 1 rings (SSSR count). The molecule has 1 N–H and O–H groups in total. The zero-order valence-corrected chi connectivity index (χ0v) is 11.7. The van der Waals surface area contributed by atoms with E-state index < -0.39 is 0 Å². The average molecular weight is 239 g/mol. The minimum absolute atomic E-state index is 0.447. The molecule has 0 radical (unpaired) electrons. The molecule has 1 unspecified atom stereocenters. The molecule has 1 atom stereocenters. The van der Waals surface area contributed by atoms with Crippen molar-refractivity contribution in [2.24, 2.45) is 0 Å². The molecule has 0 spiro atoms. The highest BCUT2D eigenvalue weighted by Crippen LogP contribution is 2.07. The molecule has 1 aromatic rings. The molecule has 0 saturated carbocycles. The van der Waals surface area contributed by atoms with Crippen LogP contribution in [-0.2, 0) is 6.54 Å². The first-order valence-electron chi connectivity index (χ1n) is 6.45. The largest absolute Gasteiger partial charge is 0.444 e. The Bertz CT molecular complexity index is 312. The summed E-state index contributed by atoms with van der Waals surface area (Å²) < 4.78 is 5.54. The maximum absolute atomic E-state index is 5.54. The topological polar surface area (TPSA) is 41.3 Å². The van der Waals surface area contributed by atoms with Crippen LogP contribution in [0.1, 0.15) is 38.1 Å². The number of hydrogen-bond donors (Lipinski definition) is 1. The number of hydrogen-bond acceptors (Lipinski definition) is 4. The predicted molar refractivity (Wildman–Crippen MR) is 70.1 cm³/mol. The van der Waals surface area contributed by atoms with Gasteiger partial charge in [0.2, 0.25) is 5.89 Å². The van der Waals surface area contributed by atoms with E-state index in [0.717, 1.165) is 37.0 Å². The second kappa shape index (κ2) is 6.77. The molecule has 4 heteroatoms. The minimum Gasteiger partial charge on any atom is -0.444 e. The Labute approximate surface area is 104 Å². The quantitative estimate of drug-likeness (QED) is 0.791. The Balaban J connectivity index is 2.35. The van der Waals surface area contributed by atoms with Gasteiger partial charge in [-0.3, -0.25) is 0 Å². The minimum atomic E-state index is 0.447. The van der Waals surface area contributed by atoms with Crippen LogP contribution < -0.4 is 5.32 Å². The number of aryl methyl sites for hydroxylation is 2. The van der Waals surface area contributed by atoms with Crippen LogP contribution >= 0.6 is 0 Å². The number of rotatable bonds is 7. The van der Waals surface area contributed by atoms with Gasteiger partial charge >= 0.3 is 0 Å². The maximum atomic E-state index is 5.54. The van der Waals surface area contributed by atoms with E-state index in [1.807, 2.05) is 13.8 Å². The molecule has 0 amide bonds. The lowest BCUT2D eigenvalue weighted by molar-refractivity contribution is 0.267. The molecule has 1 heterocycles. The maximum Gasteiger partial charge on any atom is 0.208 e. The highest BCUT2D eigenvalue weighted by molar-refractivity contribution is 5.05. The standard InChI is InChI=1S/C13H25N3O/c1-6-16(7-2)9-10(3)14-8-13-15-11(4)12(5)17-13/h10,14H,6-9H2,1-5H3. The normalized spacial score (nSPS) is 13.3. The zero-order valence-electron chi connectivity index (χ0n) is 11.7. The van der Waals surface area contributed by atoms with Gasteiger partial charge in [0.05, 0.1) is 12.2 Å². The molecule has 0 aliphatic heterocycles. The molecule has 1 aromatic heterocycles. The molecular formula is C13H25N3O. The third-order valence-corrected chi connectivity index (χ3v) is 3.10. The van der Waals surface area contributed by atoms with Crippen LogP contribution in [0.3, 0.4) is 0 Å². The first-order valence-corrected chi connectivity index (χ1v) is 6.45. The zero-order chi connectivity index (χ0) is 12.8. The summed E-state index contributed by atoms with van der Waals surface area (Å²) in [5, 5.41) is 3.44. The van der Waals surface area contributed by atoms with Gasteiger partial charge in [-0.2, -0.15) is 0 Å². The summed E-state index contributed by atoms with van der Waals surface area (Å²) in [6.45, 7) is 14.5.